The van der Waals surface area contributed by atoms with Gasteiger partial charge >= 0.3 is 0 Å². The largest absolute Gasteiger partial charge is 0.113 e. The first-order valence-corrected chi connectivity index (χ1v) is 6.05. The minimum atomic E-state index is 0.805. The van der Waals surface area contributed by atoms with Gasteiger partial charge in [0.1, 0.15) is 15.7 Å². The number of hydrogen-bond donors (Lipinski definition) is 0. The summed E-state index contributed by atoms with van der Waals surface area (Å²) in [4.78, 5) is 0. The number of rotatable bonds is 0. The van der Waals surface area contributed by atoms with Crippen LogP contribution in [0.15, 0.2) is 36.4 Å². The van der Waals surface area contributed by atoms with Gasteiger partial charge in [0.05, 0.1) is 0 Å². The van der Waals surface area contributed by atoms with Crippen LogP contribution in [0, 0.1) is 13.8 Å². The summed E-state index contributed by atoms with van der Waals surface area (Å²) in [6, 6.07) is 12.2. The fourth-order valence-electron chi connectivity index (χ4n) is 2.62. The highest BCUT2D eigenvalue weighted by Gasteiger charge is 2.08. The molecule has 0 aromatic heterocycles. The van der Waals surface area contributed by atoms with Gasteiger partial charge < -0.3 is 0 Å². The molecule has 0 aliphatic carbocycles. The molecule has 0 atom stereocenters. The van der Waals surface area contributed by atoms with E-state index in [0.717, 1.165) is 10.9 Å². The van der Waals surface area contributed by atoms with Crippen LogP contribution in [-0.4, -0.2) is 15.7 Å². The quantitative estimate of drug-likeness (QED) is 0.407. The third kappa shape index (κ3) is 1.56. The van der Waals surface area contributed by atoms with Crippen molar-refractivity contribution >= 4 is 48.2 Å². The van der Waals surface area contributed by atoms with Gasteiger partial charge in [-0.05, 0) is 46.5 Å². The van der Waals surface area contributed by atoms with Crippen LogP contribution in [0.2, 0.25) is 0 Å². The summed E-state index contributed by atoms with van der Waals surface area (Å²) in [5.41, 5.74) is 4.16. The van der Waals surface area contributed by atoms with Gasteiger partial charge in [-0.3, -0.25) is 0 Å². The van der Waals surface area contributed by atoms with Crippen molar-refractivity contribution in [2.45, 2.75) is 13.8 Å². The molecule has 0 unspecified atom stereocenters. The number of aryl methyl sites for hydroxylation is 2. The minimum absolute atomic E-state index is 0.805. The fourth-order valence-corrected chi connectivity index (χ4v) is 2.62. The van der Waals surface area contributed by atoms with Crippen LogP contribution < -0.4 is 10.9 Å². The Morgan fingerprint density at radius 1 is 0.611 bits per heavy atom. The highest BCUT2D eigenvalue weighted by Crippen LogP contribution is 2.30. The standard InChI is InChI=1S/C16H12B2/c1-9-10(2)16-8-12(18)4-6-14(16)13-5-3-11(17)7-15(9)13/h3-8H,1-2H3. The molecule has 2 heteroatoms. The van der Waals surface area contributed by atoms with Crippen molar-refractivity contribution in [1.29, 1.82) is 0 Å². The summed E-state index contributed by atoms with van der Waals surface area (Å²) in [5, 5.41) is 4.93. The van der Waals surface area contributed by atoms with Gasteiger partial charge in [0.15, 0.2) is 0 Å². The first-order chi connectivity index (χ1) is 8.58. The summed E-state index contributed by atoms with van der Waals surface area (Å²) >= 11 is 0. The minimum Gasteiger partial charge on any atom is -0.0960 e. The SMILES string of the molecule is [B]c1ccc2c(c1)c(C)c(C)c1cc([B])ccc12. The Morgan fingerprint density at radius 2 is 1.00 bits per heavy atom. The molecule has 0 heterocycles. The Morgan fingerprint density at radius 3 is 1.39 bits per heavy atom. The topological polar surface area (TPSA) is 0 Å². The molecule has 3 aromatic carbocycles. The molecular weight excluding hydrogens is 214 g/mol. The highest BCUT2D eigenvalue weighted by atomic mass is 14.1. The summed E-state index contributed by atoms with van der Waals surface area (Å²) in [6.45, 7) is 4.28. The lowest BCUT2D eigenvalue weighted by Crippen LogP contribution is -2.04. The van der Waals surface area contributed by atoms with Crippen LogP contribution in [0.4, 0.5) is 0 Å². The first kappa shape index (κ1) is 11.4. The van der Waals surface area contributed by atoms with E-state index in [4.69, 9.17) is 15.7 Å². The predicted molar refractivity (Wildman–Crippen MR) is 81.7 cm³/mol. The van der Waals surface area contributed by atoms with Crippen molar-refractivity contribution in [2.75, 3.05) is 0 Å². The average Bonchev–Trinajstić information content (AvgIpc) is 2.36. The zero-order valence-electron chi connectivity index (χ0n) is 10.6. The molecule has 4 radical (unpaired) electrons. The van der Waals surface area contributed by atoms with E-state index in [1.54, 1.807) is 0 Å². The summed E-state index contributed by atoms with van der Waals surface area (Å²) in [7, 11) is 11.8. The van der Waals surface area contributed by atoms with Gasteiger partial charge in [0.25, 0.3) is 0 Å². The zero-order valence-corrected chi connectivity index (χ0v) is 10.6. The van der Waals surface area contributed by atoms with Crippen LogP contribution in [0.5, 0.6) is 0 Å². The lowest BCUT2D eigenvalue weighted by Gasteiger charge is -2.13. The second-order valence-electron chi connectivity index (χ2n) is 4.86. The van der Waals surface area contributed by atoms with E-state index >= 15 is 0 Å². The summed E-state index contributed by atoms with van der Waals surface area (Å²) < 4.78 is 0. The van der Waals surface area contributed by atoms with Crippen molar-refractivity contribution in [3.8, 4) is 0 Å². The average molecular weight is 226 g/mol. The van der Waals surface area contributed by atoms with Crippen molar-refractivity contribution < 1.29 is 0 Å². The second kappa shape index (κ2) is 3.91. The maximum atomic E-state index is 5.89. The molecule has 0 amide bonds. The van der Waals surface area contributed by atoms with Crippen LogP contribution in [0.3, 0.4) is 0 Å². The van der Waals surface area contributed by atoms with Crippen LogP contribution in [0.1, 0.15) is 11.1 Å². The lowest BCUT2D eigenvalue weighted by atomic mass is 9.85. The molecule has 18 heavy (non-hydrogen) atoms. The predicted octanol–water partition coefficient (Wildman–Crippen LogP) is 2.20. The van der Waals surface area contributed by atoms with E-state index in [0.29, 0.717) is 0 Å². The zero-order chi connectivity index (χ0) is 12.9. The van der Waals surface area contributed by atoms with E-state index < -0.39 is 0 Å². The van der Waals surface area contributed by atoms with Crippen molar-refractivity contribution in [3.63, 3.8) is 0 Å². The van der Waals surface area contributed by atoms with Gasteiger partial charge in [-0.15, -0.1) is 0 Å². The van der Waals surface area contributed by atoms with Crippen molar-refractivity contribution in [1.82, 2.24) is 0 Å². The van der Waals surface area contributed by atoms with Gasteiger partial charge in [-0.1, -0.05) is 47.3 Å². The van der Waals surface area contributed by atoms with E-state index in [1.165, 1.54) is 32.7 Å². The van der Waals surface area contributed by atoms with Crippen molar-refractivity contribution in [3.05, 3.63) is 47.5 Å². The van der Waals surface area contributed by atoms with Crippen LogP contribution in [0.25, 0.3) is 21.5 Å². The normalized spacial score (nSPS) is 11.2. The molecule has 0 spiro atoms. The molecule has 0 aliphatic heterocycles. The molecule has 0 fully saturated rings. The Labute approximate surface area is 110 Å². The maximum absolute atomic E-state index is 5.89. The Hall–Kier alpha value is -1.69. The van der Waals surface area contributed by atoms with Gasteiger partial charge in [-0.2, -0.15) is 0 Å². The molecule has 0 N–H and O–H groups in total. The molecule has 0 saturated carbocycles. The number of fused-ring (bicyclic) bond motifs is 3. The monoisotopic (exact) mass is 226 g/mol. The second-order valence-corrected chi connectivity index (χ2v) is 4.86. The maximum Gasteiger partial charge on any atom is 0.113 e. The molecule has 82 valence electrons. The Kier molecular flexibility index (Phi) is 2.48. The third-order valence-electron chi connectivity index (χ3n) is 3.75. The smallest absolute Gasteiger partial charge is 0.0960 e. The third-order valence-corrected chi connectivity index (χ3v) is 3.75. The summed E-state index contributed by atoms with van der Waals surface area (Å²) in [5.74, 6) is 0. The molecule has 0 aliphatic rings. The highest BCUT2D eigenvalue weighted by molar-refractivity contribution is 6.35. The lowest BCUT2D eigenvalue weighted by molar-refractivity contribution is 1.42. The molecular formula is C16H12B2. The molecule has 0 nitrogen and oxygen atoms in total. The number of hydrogen-bond acceptors (Lipinski definition) is 0. The molecule has 0 bridgehead atoms. The van der Waals surface area contributed by atoms with E-state index in [2.05, 4.69) is 26.0 Å². The van der Waals surface area contributed by atoms with Gasteiger partial charge in [-0.25, -0.2) is 0 Å². The number of benzene rings is 3. The fraction of sp³-hybridized carbons (Fsp3) is 0.125. The summed E-state index contributed by atoms with van der Waals surface area (Å²) in [6.07, 6.45) is 0. The van der Waals surface area contributed by atoms with Gasteiger partial charge in [0.2, 0.25) is 0 Å². The van der Waals surface area contributed by atoms with E-state index in [-0.39, 0.29) is 0 Å². The van der Waals surface area contributed by atoms with Crippen LogP contribution in [-0.2, 0) is 0 Å². The molecule has 3 aromatic rings. The first-order valence-electron chi connectivity index (χ1n) is 6.05. The molecule has 3 rings (SSSR count). The van der Waals surface area contributed by atoms with E-state index in [1.807, 2.05) is 24.3 Å². The van der Waals surface area contributed by atoms with E-state index in [9.17, 15) is 0 Å². The van der Waals surface area contributed by atoms with Crippen LogP contribution >= 0.6 is 0 Å². The van der Waals surface area contributed by atoms with Gasteiger partial charge in [0, 0.05) is 0 Å². The Bertz CT molecular complexity index is 706. The van der Waals surface area contributed by atoms with Crippen molar-refractivity contribution in [2.24, 2.45) is 0 Å². The Balaban J connectivity index is 2.62. The molecule has 0 saturated heterocycles.